The van der Waals surface area contributed by atoms with E-state index in [1.54, 1.807) is 0 Å². The van der Waals surface area contributed by atoms with Gasteiger partial charge in [0.1, 0.15) is 0 Å². The Hall–Kier alpha value is -1.10. The normalized spacial score (nSPS) is 20.3. The van der Waals surface area contributed by atoms with Gasteiger partial charge in [-0.05, 0) is 37.6 Å². The van der Waals surface area contributed by atoms with E-state index in [9.17, 15) is 4.79 Å². The molecule has 2 fully saturated rings. The molecule has 4 nitrogen and oxygen atoms in total. The van der Waals surface area contributed by atoms with Crippen LogP contribution in [0.5, 0.6) is 0 Å². The number of nitrogens with zero attached hydrogens (tertiary/aromatic N) is 3. The predicted molar refractivity (Wildman–Crippen MR) is 98.5 cm³/mol. The number of piperazine rings is 1. The maximum Gasteiger partial charge on any atom is 0.227 e. The summed E-state index contributed by atoms with van der Waals surface area (Å²) in [7, 11) is 0. The van der Waals surface area contributed by atoms with Gasteiger partial charge in [0.05, 0.1) is 6.42 Å². The van der Waals surface area contributed by atoms with Crippen molar-refractivity contribution in [3.63, 3.8) is 0 Å². The number of piperidine rings is 1. The second-order valence-electron chi connectivity index (χ2n) is 6.89. The highest BCUT2D eigenvalue weighted by Gasteiger charge is 2.22. The van der Waals surface area contributed by atoms with E-state index in [0.717, 1.165) is 38.3 Å². The maximum absolute atomic E-state index is 12.5. The van der Waals surface area contributed by atoms with E-state index in [1.807, 2.05) is 29.2 Å². The molecule has 0 aromatic heterocycles. The summed E-state index contributed by atoms with van der Waals surface area (Å²) in [5.74, 6) is 0.193. The zero-order chi connectivity index (χ0) is 16.8. The first-order chi connectivity index (χ1) is 11.7. The lowest BCUT2D eigenvalue weighted by molar-refractivity contribution is -0.132. The van der Waals surface area contributed by atoms with Gasteiger partial charge in [-0.15, -0.1) is 0 Å². The highest BCUT2D eigenvalue weighted by atomic mass is 35.5. The molecule has 2 heterocycles. The zero-order valence-corrected chi connectivity index (χ0v) is 15.2. The standard InChI is InChI=1S/C19H28ClN3O/c20-18-7-3-2-6-17(18)16-19(24)23-14-12-22(13-15-23)11-10-21-8-4-1-5-9-21/h2-3,6-7H,1,4-5,8-16H2. The Bertz CT molecular complexity index is 537. The summed E-state index contributed by atoms with van der Waals surface area (Å²) in [6.45, 7) is 8.48. The minimum atomic E-state index is 0.193. The molecule has 0 aliphatic carbocycles. The third-order valence-corrected chi connectivity index (χ3v) is 5.57. The van der Waals surface area contributed by atoms with E-state index in [4.69, 9.17) is 11.6 Å². The van der Waals surface area contributed by atoms with Crippen LogP contribution in [0, 0.1) is 0 Å². The van der Waals surface area contributed by atoms with Crippen molar-refractivity contribution in [1.29, 1.82) is 0 Å². The third kappa shape index (κ3) is 4.95. The molecule has 1 aromatic rings. The molecule has 0 N–H and O–H groups in total. The lowest BCUT2D eigenvalue weighted by Gasteiger charge is -2.36. The molecule has 2 aliphatic heterocycles. The van der Waals surface area contributed by atoms with Gasteiger partial charge in [0.2, 0.25) is 5.91 Å². The monoisotopic (exact) mass is 349 g/mol. The average Bonchev–Trinajstić information content (AvgIpc) is 2.63. The molecule has 3 rings (SSSR count). The highest BCUT2D eigenvalue weighted by Crippen LogP contribution is 2.17. The molecule has 24 heavy (non-hydrogen) atoms. The SMILES string of the molecule is O=C(Cc1ccccc1Cl)N1CCN(CCN2CCCCC2)CC1. The Morgan fingerprint density at radius 3 is 2.17 bits per heavy atom. The van der Waals surface area contributed by atoms with Gasteiger partial charge >= 0.3 is 0 Å². The molecule has 0 bridgehead atoms. The van der Waals surface area contributed by atoms with Crippen LogP contribution in [0.1, 0.15) is 24.8 Å². The first-order valence-electron chi connectivity index (χ1n) is 9.18. The number of halogens is 1. The number of likely N-dealkylation sites (tertiary alicyclic amines) is 1. The Morgan fingerprint density at radius 2 is 1.50 bits per heavy atom. The first kappa shape index (κ1) is 17.7. The largest absolute Gasteiger partial charge is 0.340 e. The Labute approximate surface area is 150 Å². The minimum absolute atomic E-state index is 0.193. The third-order valence-electron chi connectivity index (χ3n) is 5.21. The minimum Gasteiger partial charge on any atom is -0.340 e. The molecular weight excluding hydrogens is 322 g/mol. The number of carbonyl (C=O) groups excluding carboxylic acids is 1. The fourth-order valence-electron chi connectivity index (χ4n) is 3.60. The van der Waals surface area contributed by atoms with Gasteiger partial charge in [-0.1, -0.05) is 36.2 Å². The summed E-state index contributed by atoms with van der Waals surface area (Å²) in [5, 5.41) is 0.686. The lowest BCUT2D eigenvalue weighted by atomic mass is 10.1. The lowest BCUT2D eigenvalue weighted by Crippen LogP contribution is -2.50. The van der Waals surface area contributed by atoms with Crippen LogP contribution in [-0.2, 0) is 11.2 Å². The van der Waals surface area contributed by atoms with Crippen LogP contribution in [0.2, 0.25) is 5.02 Å². The number of benzene rings is 1. The molecule has 1 aromatic carbocycles. The van der Waals surface area contributed by atoms with Crippen molar-refractivity contribution in [2.75, 3.05) is 52.4 Å². The zero-order valence-electron chi connectivity index (χ0n) is 14.4. The summed E-state index contributed by atoms with van der Waals surface area (Å²) in [5.41, 5.74) is 0.927. The second-order valence-corrected chi connectivity index (χ2v) is 7.30. The number of rotatable bonds is 5. The Kier molecular flexibility index (Phi) is 6.52. The molecule has 1 amide bonds. The highest BCUT2D eigenvalue weighted by molar-refractivity contribution is 6.31. The molecule has 0 unspecified atom stereocenters. The molecule has 2 aliphatic rings. The van der Waals surface area contributed by atoms with Crippen molar-refractivity contribution in [2.45, 2.75) is 25.7 Å². The van der Waals surface area contributed by atoms with Crippen LogP contribution in [0.15, 0.2) is 24.3 Å². The fourth-order valence-corrected chi connectivity index (χ4v) is 3.81. The molecule has 132 valence electrons. The molecular formula is C19H28ClN3O. The molecule has 0 radical (unpaired) electrons. The Morgan fingerprint density at radius 1 is 0.875 bits per heavy atom. The average molecular weight is 350 g/mol. The summed E-state index contributed by atoms with van der Waals surface area (Å²) in [4.78, 5) is 19.5. The van der Waals surface area contributed by atoms with Crippen molar-refractivity contribution < 1.29 is 4.79 Å². The van der Waals surface area contributed by atoms with Gasteiger partial charge in [-0.2, -0.15) is 0 Å². The van der Waals surface area contributed by atoms with Crippen LogP contribution >= 0.6 is 11.6 Å². The van der Waals surface area contributed by atoms with E-state index in [-0.39, 0.29) is 5.91 Å². The predicted octanol–water partition coefficient (Wildman–Crippen LogP) is 2.51. The summed E-state index contributed by atoms with van der Waals surface area (Å²) in [6.07, 6.45) is 4.50. The van der Waals surface area contributed by atoms with Gasteiger partial charge < -0.3 is 9.80 Å². The molecule has 0 spiro atoms. The van der Waals surface area contributed by atoms with Crippen LogP contribution in [0.25, 0.3) is 0 Å². The summed E-state index contributed by atoms with van der Waals surface area (Å²) < 4.78 is 0. The van der Waals surface area contributed by atoms with Crippen molar-refractivity contribution in [3.05, 3.63) is 34.9 Å². The smallest absolute Gasteiger partial charge is 0.227 e. The van der Waals surface area contributed by atoms with Crippen molar-refractivity contribution in [2.24, 2.45) is 0 Å². The second kappa shape index (κ2) is 8.84. The number of hydrogen-bond acceptors (Lipinski definition) is 3. The number of hydrogen-bond donors (Lipinski definition) is 0. The van der Waals surface area contributed by atoms with Gasteiger partial charge in [0, 0.05) is 44.3 Å². The summed E-state index contributed by atoms with van der Waals surface area (Å²) in [6, 6.07) is 7.63. The van der Waals surface area contributed by atoms with Crippen LogP contribution in [0.4, 0.5) is 0 Å². The first-order valence-corrected chi connectivity index (χ1v) is 9.56. The van der Waals surface area contributed by atoms with Gasteiger partial charge in [0.25, 0.3) is 0 Å². The van der Waals surface area contributed by atoms with E-state index in [0.29, 0.717) is 11.4 Å². The molecule has 2 saturated heterocycles. The van der Waals surface area contributed by atoms with E-state index in [2.05, 4.69) is 9.80 Å². The fraction of sp³-hybridized carbons (Fsp3) is 0.632. The molecule has 0 saturated carbocycles. The molecule has 0 atom stereocenters. The van der Waals surface area contributed by atoms with Crippen LogP contribution in [-0.4, -0.2) is 73.0 Å². The van der Waals surface area contributed by atoms with E-state index >= 15 is 0 Å². The van der Waals surface area contributed by atoms with E-state index in [1.165, 1.54) is 38.9 Å². The van der Waals surface area contributed by atoms with Gasteiger partial charge in [0.15, 0.2) is 0 Å². The molecule has 5 heteroatoms. The van der Waals surface area contributed by atoms with Crippen LogP contribution in [0.3, 0.4) is 0 Å². The van der Waals surface area contributed by atoms with Crippen molar-refractivity contribution in [3.8, 4) is 0 Å². The van der Waals surface area contributed by atoms with Gasteiger partial charge in [-0.25, -0.2) is 0 Å². The number of carbonyl (C=O) groups is 1. The van der Waals surface area contributed by atoms with Crippen LogP contribution < -0.4 is 0 Å². The number of amides is 1. The van der Waals surface area contributed by atoms with Crippen molar-refractivity contribution in [1.82, 2.24) is 14.7 Å². The van der Waals surface area contributed by atoms with E-state index < -0.39 is 0 Å². The topological polar surface area (TPSA) is 26.8 Å². The van der Waals surface area contributed by atoms with Crippen molar-refractivity contribution >= 4 is 17.5 Å². The maximum atomic E-state index is 12.5. The Balaban J connectivity index is 1.39. The van der Waals surface area contributed by atoms with Gasteiger partial charge in [-0.3, -0.25) is 9.69 Å². The quantitative estimate of drug-likeness (QED) is 0.817. The summed E-state index contributed by atoms with van der Waals surface area (Å²) >= 11 is 6.16.